The third kappa shape index (κ3) is 9.98. The van der Waals surface area contributed by atoms with Crippen LogP contribution in [0.1, 0.15) is 40.0 Å². The minimum absolute atomic E-state index is 0.164. The Morgan fingerprint density at radius 2 is 1.52 bits per heavy atom. The zero-order chi connectivity index (χ0) is 24.3. The molecule has 0 saturated carbocycles. The van der Waals surface area contributed by atoms with Crippen molar-refractivity contribution in [2.24, 2.45) is 17.4 Å². The van der Waals surface area contributed by atoms with Crippen LogP contribution in [0.5, 0.6) is 0 Å². The summed E-state index contributed by atoms with van der Waals surface area (Å²) in [6.07, 6.45) is -1.17. The molecule has 0 aliphatic carbocycles. The molecule has 13 heteroatoms. The normalized spacial score (nSPS) is 16.7. The van der Waals surface area contributed by atoms with Crippen LogP contribution >= 0.6 is 12.6 Å². The molecule has 0 saturated heterocycles. The highest BCUT2D eigenvalue weighted by Gasteiger charge is 2.33. The molecule has 12 nitrogen and oxygen atoms in total. The molecule has 6 unspecified atom stereocenters. The molecule has 0 bridgehead atoms. The molecule has 178 valence electrons. The second-order valence-corrected chi connectivity index (χ2v) is 7.65. The summed E-state index contributed by atoms with van der Waals surface area (Å²) in [4.78, 5) is 59.7. The van der Waals surface area contributed by atoms with Crippen molar-refractivity contribution in [2.45, 2.75) is 70.3 Å². The lowest BCUT2D eigenvalue weighted by Crippen LogP contribution is -2.60. The Labute approximate surface area is 186 Å². The number of carboxylic acids is 1. The van der Waals surface area contributed by atoms with Crippen molar-refractivity contribution >= 4 is 42.2 Å². The number of carboxylic acid groups (broad SMARTS) is 1. The van der Waals surface area contributed by atoms with Gasteiger partial charge in [0.1, 0.15) is 18.1 Å². The molecule has 4 amide bonds. The number of aliphatic hydroxyl groups is 1. The van der Waals surface area contributed by atoms with Gasteiger partial charge in [0.25, 0.3) is 0 Å². The molecular weight excluding hydrogens is 430 g/mol. The van der Waals surface area contributed by atoms with Gasteiger partial charge < -0.3 is 37.6 Å². The molecule has 0 fully saturated rings. The van der Waals surface area contributed by atoms with Gasteiger partial charge in [-0.15, -0.1) is 0 Å². The number of carbonyl (C=O) groups is 5. The van der Waals surface area contributed by atoms with Gasteiger partial charge >= 0.3 is 5.97 Å². The number of aliphatic hydroxyl groups excluding tert-OH is 1. The van der Waals surface area contributed by atoms with Crippen molar-refractivity contribution in [3.63, 3.8) is 0 Å². The molecule has 0 aromatic rings. The van der Waals surface area contributed by atoms with Gasteiger partial charge in [-0.3, -0.25) is 19.2 Å². The molecule has 0 rings (SSSR count). The number of hydrogen-bond donors (Lipinski definition) is 8. The summed E-state index contributed by atoms with van der Waals surface area (Å²) in [5.41, 5.74) is 11.0. The first-order valence-corrected chi connectivity index (χ1v) is 10.5. The van der Waals surface area contributed by atoms with E-state index in [1.54, 1.807) is 6.92 Å². The molecule has 0 spiro atoms. The minimum atomic E-state index is -1.52. The Balaban J connectivity index is 5.44. The summed E-state index contributed by atoms with van der Waals surface area (Å²) < 4.78 is 0. The highest BCUT2D eigenvalue weighted by molar-refractivity contribution is 7.80. The molecular formula is C18H33N5O7S. The summed E-state index contributed by atoms with van der Waals surface area (Å²) in [5, 5.41) is 25.8. The number of primary amides is 1. The lowest BCUT2D eigenvalue weighted by atomic mass is 9.98. The largest absolute Gasteiger partial charge is 0.480 e. The van der Waals surface area contributed by atoms with Crippen molar-refractivity contribution in [3.05, 3.63) is 0 Å². The number of nitrogens with two attached hydrogens (primary N) is 2. The number of hydrogen-bond acceptors (Lipinski definition) is 8. The fraction of sp³-hybridized carbons (Fsp3) is 0.722. The average molecular weight is 464 g/mol. The van der Waals surface area contributed by atoms with Crippen molar-refractivity contribution < 1.29 is 34.2 Å². The van der Waals surface area contributed by atoms with Gasteiger partial charge in [-0.25, -0.2) is 4.79 Å². The first-order valence-electron chi connectivity index (χ1n) is 9.82. The third-order valence-corrected chi connectivity index (χ3v) is 5.10. The van der Waals surface area contributed by atoms with E-state index in [-0.39, 0.29) is 24.5 Å². The van der Waals surface area contributed by atoms with E-state index >= 15 is 0 Å². The number of amides is 4. The maximum atomic E-state index is 12.7. The Bertz CT molecular complexity index is 661. The Morgan fingerprint density at radius 1 is 0.968 bits per heavy atom. The fourth-order valence-corrected chi connectivity index (χ4v) is 2.69. The maximum Gasteiger partial charge on any atom is 0.327 e. The predicted molar refractivity (Wildman–Crippen MR) is 115 cm³/mol. The summed E-state index contributed by atoms with van der Waals surface area (Å²) in [6, 6.07) is -5.03. The second-order valence-electron chi connectivity index (χ2n) is 7.29. The van der Waals surface area contributed by atoms with Crippen molar-refractivity contribution in [1.29, 1.82) is 0 Å². The van der Waals surface area contributed by atoms with Crippen molar-refractivity contribution in [2.75, 3.05) is 5.75 Å². The Hall–Kier alpha value is -2.38. The van der Waals surface area contributed by atoms with Gasteiger partial charge in [0.15, 0.2) is 0 Å². The molecule has 0 heterocycles. The topological polar surface area (TPSA) is 214 Å². The Morgan fingerprint density at radius 3 is 1.94 bits per heavy atom. The predicted octanol–water partition coefficient (Wildman–Crippen LogP) is -2.53. The Kier molecular flexibility index (Phi) is 12.8. The van der Waals surface area contributed by atoms with Crippen LogP contribution in [0.25, 0.3) is 0 Å². The van der Waals surface area contributed by atoms with E-state index in [9.17, 15) is 29.1 Å². The van der Waals surface area contributed by atoms with E-state index in [1.165, 1.54) is 6.92 Å². The summed E-state index contributed by atoms with van der Waals surface area (Å²) in [7, 11) is 0. The fourth-order valence-electron chi connectivity index (χ4n) is 2.44. The highest BCUT2D eigenvalue weighted by atomic mass is 32.1. The van der Waals surface area contributed by atoms with E-state index in [0.717, 1.165) is 0 Å². The van der Waals surface area contributed by atoms with Crippen LogP contribution < -0.4 is 27.4 Å². The number of rotatable bonds is 14. The third-order valence-electron chi connectivity index (χ3n) is 4.73. The van der Waals surface area contributed by atoms with Crippen LogP contribution in [0.15, 0.2) is 0 Å². The number of carbonyl (C=O) groups excluding carboxylic acids is 4. The molecule has 0 aromatic heterocycles. The van der Waals surface area contributed by atoms with Crippen LogP contribution in [0, 0.1) is 5.92 Å². The van der Waals surface area contributed by atoms with Gasteiger partial charge in [-0.05, 0) is 19.3 Å². The van der Waals surface area contributed by atoms with Crippen LogP contribution in [0.3, 0.4) is 0 Å². The standard InChI is InChI=1S/C18H33N5O7S/c1-4-8(2)13(20)16(27)21-10(5-6-12(19)25)15(26)23-14(9(3)24)17(28)22-11(7-31)18(29)30/h8-11,13-14,24,31H,4-7,20H2,1-3H3,(H2,19,25)(H,21,27)(H,22,28)(H,23,26)(H,29,30). The summed E-state index contributed by atoms with van der Waals surface area (Å²) in [6.45, 7) is 4.82. The average Bonchev–Trinajstić information content (AvgIpc) is 2.70. The lowest BCUT2D eigenvalue weighted by molar-refractivity contribution is -0.142. The van der Waals surface area contributed by atoms with Crippen molar-refractivity contribution in [1.82, 2.24) is 16.0 Å². The van der Waals surface area contributed by atoms with E-state index < -0.39 is 59.9 Å². The number of nitrogens with one attached hydrogen (secondary N) is 3. The molecule has 31 heavy (non-hydrogen) atoms. The molecule has 0 radical (unpaired) electrons. The van der Waals surface area contributed by atoms with Crippen molar-refractivity contribution in [3.8, 4) is 0 Å². The first kappa shape index (κ1) is 28.6. The minimum Gasteiger partial charge on any atom is -0.480 e. The molecule has 9 N–H and O–H groups in total. The smallest absolute Gasteiger partial charge is 0.327 e. The van der Waals surface area contributed by atoms with E-state index in [2.05, 4.69) is 28.6 Å². The van der Waals surface area contributed by atoms with E-state index in [1.807, 2.05) is 6.92 Å². The van der Waals surface area contributed by atoms with Crippen LogP contribution in [-0.2, 0) is 24.0 Å². The number of aliphatic carboxylic acids is 1. The monoisotopic (exact) mass is 463 g/mol. The summed E-state index contributed by atoms with van der Waals surface area (Å²) in [5.74, 6) is -4.90. The van der Waals surface area contributed by atoms with Crippen LogP contribution in [0.2, 0.25) is 0 Å². The van der Waals surface area contributed by atoms with E-state index in [4.69, 9.17) is 16.6 Å². The van der Waals surface area contributed by atoms with Crippen LogP contribution in [-0.4, -0.2) is 75.8 Å². The van der Waals surface area contributed by atoms with Gasteiger partial charge in [0, 0.05) is 12.2 Å². The molecule has 6 atom stereocenters. The maximum absolute atomic E-state index is 12.7. The zero-order valence-corrected chi connectivity index (χ0v) is 18.7. The van der Waals surface area contributed by atoms with Gasteiger partial charge in [0.05, 0.1) is 12.1 Å². The molecule has 0 aromatic carbocycles. The SMILES string of the molecule is CCC(C)C(N)C(=O)NC(CCC(N)=O)C(=O)NC(C(=O)NC(CS)C(=O)O)C(C)O. The second kappa shape index (κ2) is 13.8. The van der Waals surface area contributed by atoms with Gasteiger partial charge in [-0.1, -0.05) is 20.3 Å². The quantitative estimate of drug-likeness (QED) is 0.128. The van der Waals surface area contributed by atoms with E-state index in [0.29, 0.717) is 6.42 Å². The van der Waals surface area contributed by atoms with Gasteiger partial charge in [-0.2, -0.15) is 12.6 Å². The summed E-state index contributed by atoms with van der Waals surface area (Å²) >= 11 is 3.83. The molecule has 0 aliphatic heterocycles. The number of thiol groups is 1. The lowest BCUT2D eigenvalue weighted by Gasteiger charge is -2.27. The first-order chi connectivity index (χ1) is 14.3. The van der Waals surface area contributed by atoms with Crippen LogP contribution in [0.4, 0.5) is 0 Å². The zero-order valence-electron chi connectivity index (χ0n) is 17.8. The van der Waals surface area contributed by atoms with Gasteiger partial charge in [0.2, 0.25) is 23.6 Å². The molecule has 0 aliphatic rings. The highest BCUT2D eigenvalue weighted by Crippen LogP contribution is 2.07.